The molecule has 2 heterocycles. The molecule has 0 spiro atoms. The molecule has 26 heavy (non-hydrogen) atoms. The molecule has 6 nitrogen and oxygen atoms in total. The third-order valence-electron chi connectivity index (χ3n) is 5.03. The summed E-state index contributed by atoms with van der Waals surface area (Å²) < 4.78 is 7.17. The highest BCUT2D eigenvalue weighted by molar-refractivity contribution is 5.99. The highest BCUT2D eigenvalue weighted by Crippen LogP contribution is 2.32. The van der Waals surface area contributed by atoms with Crippen LogP contribution in [-0.2, 0) is 9.53 Å². The smallest absolute Gasteiger partial charge is 0.331 e. The molecule has 1 aliphatic carbocycles. The van der Waals surface area contributed by atoms with E-state index in [1.165, 1.54) is 0 Å². The van der Waals surface area contributed by atoms with Gasteiger partial charge in [-0.25, -0.2) is 9.78 Å². The van der Waals surface area contributed by atoms with Crippen molar-refractivity contribution in [2.45, 2.75) is 52.0 Å². The Morgan fingerprint density at radius 1 is 1.27 bits per heavy atom. The Balaban J connectivity index is 1.90. The molecule has 6 heteroatoms. The standard InChI is InChI=1S/C20H25N3O3/c1-4-26-19(25)20(10-6-7-11-20)22-18(24)16-13-14(2)23(15(16)3)17-9-5-8-12-21-17/h5,8-9,12-13H,4,6-7,10-11H2,1-3H3,(H,22,24). The van der Waals surface area contributed by atoms with E-state index in [9.17, 15) is 9.59 Å². The Morgan fingerprint density at radius 3 is 2.62 bits per heavy atom. The van der Waals surface area contributed by atoms with E-state index in [0.717, 1.165) is 30.0 Å². The lowest BCUT2D eigenvalue weighted by Crippen LogP contribution is -2.53. The van der Waals surface area contributed by atoms with Gasteiger partial charge in [-0.2, -0.15) is 0 Å². The van der Waals surface area contributed by atoms with E-state index in [1.54, 1.807) is 13.1 Å². The molecule has 0 saturated heterocycles. The van der Waals surface area contributed by atoms with Crippen molar-refractivity contribution < 1.29 is 14.3 Å². The SMILES string of the molecule is CCOC(=O)C1(NC(=O)c2cc(C)n(-c3ccccn3)c2C)CCCC1. The topological polar surface area (TPSA) is 73.2 Å². The van der Waals surface area contributed by atoms with Gasteiger partial charge in [-0.1, -0.05) is 18.9 Å². The highest BCUT2D eigenvalue weighted by atomic mass is 16.5. The minimum Gasteiger partial charge on any atom is -0.464 e. The van der Waals surface area contributed by atoms with Crippen molar-refractivity contribution in [1.29, 1.82) is 0 Å². The van der Waals surface area contributed by atoms with Gasteiger partial charge in [-0.15, -0.1) is 0 Å². The minimum absolute atomic E-state index is 0.241. The van der Waals surface area contributed by atoms with Crippen LogP contribution in [0.2, 0.25) is 0 Å². The number of nitrogens with zero attached hydrogens (tertiary/aromatic N) is 2. The normalized spacial score (nSPS) is 15.7. The Bertz CT molecular complexity index is 805. The number of aromatic nitrogens is 2. The van der Waals surface area contributed by atoms with Crippen LogP contribution in [0.4, 0.5) is 0 Å². The summed E-state index contributed by atoms with van der Waals surface area (Å²) in [6.45, 7) is 5.92. The van der Waals surface area contributed by atoms with E-state index < -0.39 is 5.54 Å². The number of hydrogen-bond acceptors (Lipinski definition) is 4. The number of esters is 1. The first-order chi connectivity index (χ1) is 12.5. The number of ether oxygens (including phenoxy) is 1. The predicted octanol–water partition coefficient (Wildman–Crippen LogP) is 3.09. The molecule has 0 aromatic carbocycles. The van der Waals surface area contributed by atoms with Crippen LogP contribution in [0.5, 0.6) is 0 Å². The van der Waals surface area contributed by atoms with Gasteiger partial charge < -0.3 is 14.6 Å². The first-order valence-corrected chi connectivity index (χ1v) is 9.08. The zero-order valence-corrected chi connectivity index (χ0v) is 15.5. The molecule has 2 aromatic heterocycles. The zero-order chi connectivity index (χ0) is 18.7. The van der Waals surface area contributed by atoms with E-state index in [4.69, 9.17) is 4.74 Å². The summed E-state index contributed by atoms with van der Waals surface area (Å²) in [5, 5.41) is 2.98. The molecule has 1 aliphatic rings. The van der Waals surface area contributed by atoms with Gasteiger partial charge in [-0.3, -0.25) is 4.79 Å². The third-order valence-corrected chi connectivity index (χ3v) is 5.03. The molecular weight excluding hydrogens is 330 g/mol. The average molecular weight is 355 g/mol. The fourth-order valence-electron chi connectivity index (χ4n) is 3.74. The second-order valence-corrected chi connectivity index (χ2v) is 6.77. The molecule has 3 rings (SSSR count). The van der Waals surface area contributed by atoms with Crippen LogP contribution in [-0.4, -0.2) is 33.6 Å². The largest absolute Gasteiger partial charge is 0.464 e. The lowest BCUT2D eigenvalue weighted by molar-refractivity contribution is -0.150. The number of pyridine rings is 1. The van der Waals surface area contributed by atoms with Crippen LogP contribution in [0.3, 0.4) is 0 Å². The van der Waals surface area contributed by atoms with Crippen LogP contribution in [0.25, 0.3) is 5.82 Å². The van der Waals surface area contributed by atoms with E-state index in [1.807, 2.05) is 42.7 Å². The van der Waals surface area contributed by atoms with Crippen molar-refractivity contribution in [2.75, 3.05) is 6.61 Å². The highest BCUT2D eigenvalue weighted by Gasteiger charge is 2.44. The van der Waals surface area contributed by atoms with Crippen molar-refractivity contribution in [3.63, 3.8) is 0 Å². The summed E-state index contributed by atoms with van der Waals surface area (Å²) in [7, 11) is 0. The Hall–Kier alpha value is -2.63. The summed E-state index contributed by atoms with van der Waals surface area (Å²) >= 11 is 0. The maximum absolute atomic E-state index is 13.0. The number of carbonyl (C=O) groups excluding carboxylic acids is 2. The summed E-state index contributed by atoms with van der Waals surface area (Å²) in [6, 6.07) is 7.51. The molecule has 1 saturated carbocycles. The summed E-state index contributed by atoms with van der Waals surface area (Å²) in [5.74, 6) is 0.196. The molecule has 0 bridgehead atoms. The molecule has 0 aliphatic heterocycles. The lowest BCUT2D eigenvalue weighted by atomic mass is 9.97. The minimum atomic E-state index is -0.902. The van der Waals surface area contributed by atoms with Gasteiger partial charge >= 0.3 is 5.97 Å². The van der Waals surface area contributed by atoms with Gasteiger partial charge in [0.05, 0.1) is 12.2 Å². The summed E-state index contributed by atoms with van der Waals surface area (Å²) in [4.78, 5) is 29.8. The summed E-state index contributed by atoms with van der Waals surface area (Å²) in [5.41, 5.74) is 1.38. The predicted molar refractivity (Wildman–Crippen MR) is 98.3 cm³/mol. The quantitative estimate of drug-likeness (QED) is 0.837. The summed E-state index contributed by atoms with van der Waals surface area (Å²) in [6.07, 6.45) is 4.79. The number of nitrogens with one attached hydrogen (secondary N) is 1. The first-order valence-electron chi connectivity index (χ1n) is 9.08. The Labute approximate surface area is 153 Å². The molecule has 1 fully saturated rings. The van der Waals surface area contributed by atoms with Crippen molar-refractivity contribution in [2.24, 2.45) is 0 Å². The van der Waals surface area contributed by atoms with Crippen molar-refractivity contribution in [1.82, 2.24) is 14.9 Å². The Kier molecular flexibility index (Phi) is 5.11. The third kappa shape index (κ3) is 3.23. The van der Waals surface area contributed by atoms with E-state index in [2.05, 4.69) is 10.3 Å². The van der Waals surface area contributed by atoms with Gasteiger partial charge in [0.1, 0.15) is 11.4 Å². The second-order valence-electron chi connectivity index (χ2n) is 6.77. The van der Waals surface area contributed by atoms with E-state index in [-0.39, 0.29) is 11.9 Å². The number of rotatable bonds is 5. The zero-order valence-electron chi connectivity index (χ0n) is 15.5. The molecule has 0 atom stereocenters. The first kappa shape index (κ1) is 18.2. The molecule has 1 amide bonds. The van der Waals surface area contributed by atoms with Crippen LogP contribution < -0.4 is 5.32 Å². The maximum atomic E-state index is 13.0. The van der Waals surface area contributed by atoms with Gasteiger partial charge in [0.2, 0.25) is 0 Å². The number of aryl methyl sites for hydroxylation is 1. The average Bonchev–Trinajstić information content (AvgIpc) is 3.21. The fraction of sp³-hybridized carbons (Fsp3) is 0.450. The van der Waals surface area contributed by atoms with Crippen LogP contribution in [0.1, 0.15) is 54.4 Å². The number of hydrogen-bond donors (Lipinski definition) is 1. The second kappa shape index (κ2) is 7.32. The maximum Gasteiger partial charge on any atom is 0.331 e. The van der Waals surface area contributed by atoms with E-state index >= 15 is 0 Å². The van der Waals surface area contributed by atoms with Crippen molar-refractivity contribution in [3.05, 3.63) is 47.4 Å². The molecule has 0 radical (unpaired) electrons. The van der Waals surface area contributed by atoms with Crippen molar-refractivity contribution in [3.8, 4) is 5.82 Å². The fourth-order valence-corrected chi connectivity index (χ4v) is 3.74. The van der Waals surface area contributed by atoms with Crippen LogP contribution in [0, 0.1) is 13.8 Å². The molecular formula is C20H25N3O3. The lowest BCUT2D eigenvalue weighted by Gasteiger charge is -2.27. The van der Waals surface area contributed by atoms with Gasteiger partial charge in [0, 0.05) is 17.6 Å². The molecule has 138 valence electrons. The van der Waals surface area contributed by atoms with Gasteiger partial charge in [0.15, 0.2) is 0 Å². The van der Waals surface area contributed by atoms with Crippen LogP contribution in [0.15, 0.2) is 30.5 Å². The van der Waals surface area contributed by atoms with Crippen molar-refractivity contribution >= 4 is 11.9 Å². The van der Waals surface area contributed by atoms with E-state index in [0.29, 0.717) is 25.0 Å². The molecule has 2 aromatic rings. The van der Waals surface area contributed by atoms with Crippen LogP contribution >= 0.6 is 0 Å². The number of carbonyl (C=O) groups is 2. The number of amides is 1. The van der Waals surface area contributed by atoms with Gasteiger partial charge in [-0.05, 0) is 51.8 Å². The molecule has 0 unspecified atom stereocenters. The molecule has 1 N–H and O–H groups in total. The Morgan fingerprint density at radius 2 is 2.00 bits per heavy atom. The van der Waals surface area contributed by atoms with Gasteiger partial charge in [0.25, 0.3) is 5.91 Å². The monoisotopic (exact) mass is 355 g/mol.